The fourth-order valence-corrected chi connectivity index (χ4v) is 5.69. The molecule has 0 aliphatic carbocycles. The van der Waals surface area contributed by atoms with Gasteiger partial charge in [0.1, 0.15) is 6.54 Å². The van der Waals surface area contributed by atoms with Crippen molar-refractivity contribution in [1.82, 2.24) is 4.31 Å². The van der Waals surface area contributed by atoms with Crippen molar-refractivity contribution in [1.29, 1.82) is 0 Å². The summed E-state index contributed by atoms with van der Waals surface area (Å²) >= 11 is 0. The molecule has 1 N–H and O–H groups in total. The Bertz CT molecular complexity index is 1080. The predicted octanol–water partition coefficient (Wildman–Crippen LogP) is 2.52. The van der Waals surface area contributed by atoms with Gasteiger partial charge in [-0.3, -0.25) is 9.59 Å². The number of hydrogen-bond acceptors (Lipinski definition) is 4. The standard InChI is InChI=1S/C22H25N3O4S/c1-16-5-4-6-17(13-16)15-30(28,29)24-11-9-18(10-12-24)22(27)25-14-21(26)23-19-7-2-3-8-20(19)25/h2-8,13,18H,9-12,14-15H2,1H3,(H,23,26). The number of amides is 2. The number of carbonyl (C=O) groups is 2. The number of nitrogens with zero attached hydrogens (tertiary/aromatic N) is 2. The van der Waals surface area contributed by atoms with Gasteiger partial charge in [-0.2, -0.15) is 0 Å². The van der Waals surface area contributed by atoms with Crippen LogP contribution in [0.15, 0.2) is 48.5 Å². The summed E-state index contributed by atoms with van der Waals surface area (Å²) in [5.41, 5.74) is 3.11. The first-order chi connectivity index (χ1) is 14.3. The van der Waals surface area contributed by atoms with Gasteiger partial charge in [0.25, 0.3) is 0 Å². The highest BCUT2D eigenvalue weighted by molar-refractivity contribution is 7.88. The van der Waals surface area contributed by atoms with E-state index in [4.69, 9.17) is 0 Å². The predicted molar refractivity (Wildman–Crippen MR) is 116 cm³/mol. The fraction of sp³-hybridized carbons (Fsp3) is 0.364. The third-order valence-corrected chi connectivity index (χ3v) is 7.51. The molecule has 30 heavy (non-hydrogen) atoms. The van der Waals surface area contributed by atoms with Crippen LogP contribution in [-0.4, -0.2) is 44.2 Å². The number of aryl methyl sites for hydroxylation is 1. The maximum absolute atomic E-state index is 13.1. The van der Waals surface area contributed by atoms with Crippen LogP contribution in [0.5, 0.6) is 0 Å². The molecule has 0 bridgehead atoms. The topological polar surface area (TPSA) is 86.8 Å². The Kier molecular flexibility index (Phi) is 5.62. The third-order valence-electron chi connectivity index (χ3n) is 5.66. The van der Waals surface area contributed by atoms with E-state index in [0.29, 0.717) is 37.3 Å². The first-order valence-corrected chi connectivity index (χ1v) is 11.7. The molecular formula is C22H25N3O4S. The molecular weight excluding hydrogens is 402 g/mol. The minimum Gasteiger partial charge on any atom is -0.323 e. The Morgan fingerprint density at radius 1 is 1.10 bits per heavy atom. The van der Waals surface area contributed by atoms with Crippen LogP contribution in [0, 0.1) is 12.8 Å². The van der Waals surface area contributed by atoms with E-state index < -0.39 is 10.0 Å². The summed E-state index contributed by atoms with van der Waals surface area (Å²) < 4.78 is 27.1. The Hall–Kier alpha value is -2.71. The van der Waals surface area contributed by atoms with E-state index in [1.165, 1.54) is 9.21 Å². The van der Waals surface area contributed by atoms with E-state index in [-0.39, 0.29) is 30.0 Å². The second-order valence-electron chi connectivity index (χ2n) is 7.91. The summed E-state index contributed by atoms with van der Waals surface area (Å²) in [6.07, 6.45) is 0.901. The lowest BCUT2D eigenvalue weighted by Gasteiger charge is -2.35. The Morgan fingerprint density at radius 3 is 2.57 bits per heavy atom. The highest BCUT2D eigenvalue weighted by Gasteiger charge is 2.35. The number of para-hydroxylation sites is 2. The quantitative estimate of drug-likeness (QED) is 0.812. The van der Waals surface area contributed by atoms with Crippen LogP contribution in [0.3, 0.4) is 0 Å². The maximum Gasteiger partial charge on any atom is 0.244 e. The van der Waals surface area contributed by atoms with Crippen molar-refractivity contribution in [2.45, 2.75) is 25.5 Å². The van der Waals surface area contributed by atoms with Gasteiger partial charge < -0.3 is 10.2 Å². The maximum atomic E-state index is 13.1. The van der Waals surface area contributed by atoms with Crippen LogP contribution >= 0.6 is 0 Å². The summed E-state index contributed by atoms with van der Waals surface area (Å²) in [5, 5.41) is 2.78. The molecule has 0 atom stereocenters. The van der Waals surface area contributed by atoms with Crippen molar-refractivity contribution in [2.24, 2.45) is 5.92 Å². The van der Waals surface area contributed by atoms with E-state index in [9.17, 15) is 18.0 Å². The van der Waals surface area contributed by atoms with E-state index in [1.54, 1.807) is 6.07 Å². The van der Waals surface area contributed by atoms with Gasteiger partial charge in [0.15, 0.2) is 0 Å². The molecule has 2 aromatic carbocycles. The number of piperidine rings is 1. The number of anilines is 2. The first kappa shape index (κ1) is 20.6. The summed E-state index contributed by atoms with van der Waals surface area (Å²) in [6, 6.07) is 14.7. The van der Waals surface area contributed by atoms with E-state index >= 15 is 0 Å². The SMILES string of the molecule is Cc1cccc(CS(=O)(=O)N2CCC(C(=O)N3CC(=O)Nc4ccccc43)CC2)c1. The lowest BCUT2D eigenvalue weighted by Crippen LogP contribution is -2.48. The average molecular weight is 428 g/mol. The van der Waals surface area contributed by atoms with Crippen LogP contribution in [-0.2, 0) is 25.4 Å². The fourth-order valence-electron chi connectivity index (χ4n) is 4.13. The molecule has 1 saturated heterocycles. The van der Waals surface area contributed by atoms with Gasteiger partial charge in [-0.15, -0.1) is 0 Å². The molecule has 158 valence electrons. The van der Waals surface area contributed by atoms with Gasteiger partial charge in [-0.25, -0.2) is 12.7 Å². The second-order valence-corrected chi connectivity index (χ2v) is 9.88. The van der Waals surface area contributed by atoms with Gasteiger partial charge in [-0.1, -0.05) is 42.0 Å². The molecule has 4 rings (SSSR count). The van der Waals surface area contributed by atoms with Crippen molar-refractivity contribution in [3.05, 3.63) is 59.7 Å². The number of hydrogen-bond donors (Lipinski definition) is 1. The number of fused-ring (bicyclic) bond motifs is 1. The zero-order valence-corrected chi connectivity index (χ0v) is 17.7. The van der Waals surface area contributed by atoms with E-state index in [1.807, 2.05) is 49.4 Å². The summed E-state index contributed by atoms with van der Waals surface area (Å²) in [7, 11) is -3.44. The minimum absolute atomic E-state index is 0.0122. The summed E-state index contributed by atoms with van der Waals surface area (Å²) in [6.45, 7) is 2.55. The first-order valence-electron chi connectivity index (χ1n) is 10.1. The molecule has 0 spiro atoms. The van der Waals surface area contributed by atoms with Crippen molar-refractivity contribution < 1.29 is 18.0 Å². The molecule has 1 fully saturated rings. The number of carbonyl (C=O) groups excluding carboxylic acids is 2. The Labute approximate surface area is 176 Å². The average Bonchev–Trinajstić information content (AvgIpc) is 2.72. The Balaban J connectivity index is 1.42. The minimum atomic E-state index is -3.44. The molecule has 0 aromatic heterocycles. The monoisotopic (exact) mass is 427 g/mol. The molecule has 2 amide bonds. The molecule has 0 saturated carbocycles. The summed E-state index contributed by atoms with van der Waals surface area (Å²) in [4.78, 5) is 26.7. The zero-order chi connectivity index (χ0) is 21.3. The molecule has 7 nitrogen and oxygen atoms in total. The Morgan fingerprint density at radius 2 is 1.83 bits per heavy atom. The second kappa shape index (κ2) is 8.20. The van der Waals surface area contributed by atoms with Crippen molar-refractivity contribution in [3.8, 4) is 0 Å². The molecule has 2 heterocycles. The molecule has 2 aliphatic heterocycles. The van der Waals surface area contributed by atoms with Crippen molar-refractivity contribution in [2.75, 3.05) is 29.9 Å². The van der Waals surface area contributed by atoms with Gasteiger partial charge in [-0.05, 0) is 37.5 Å². The van der Waals surface area contributed by atoms with E-state index in [0.717, 1.165) is 11.1 Å². The lowest BCUT2D eigenvalue weighted by molar-refractivity contribution is -0.125. The summed E-state index contributed by atoms with van der Waals surface area (Å²) in [5.74, 6) is -0.671. The van der Waals surface area contributed by atoms with Crippen LogP contribution < -0.4 is 10.2 Å². The number of sulfonamides is 1. The van der Waals surface area contributed by atoms with Crippen LogP contribution in [0.25, 0.3) is 0 Å². The smallest absolute Gasteiger partial charge is 0.244 e. The van der Waals surface area contributed by atoms with Crippen LogP contribution in [0.1, 0.15) is 24.0 Å². The molecule has 8 heteroatoms. The lowest BCUT2D eigenvalue weighted by atomic mass is 9.95. The van der Waals surface area contributed by atoms with Crippen molar-refractivity contribution in [3.63, 3.8) is 0 Å². The number of benzene rings is 2. The van der Waals surface area contributed by atoms with Crippen LogP contribution in [0.4, 0.5) is 11.4 Å². The molecule has 2 aliphatic rings. The number of rotatable bonds is 4. The van der Waals surface area contributed by atoms with E-state index in [2.05, 4.69) is 5.32 Å². The van der Waals surface area contributed by atoms with Crippen LogP contribution in [0.2, 0.25) is 0 Å². The highest BCUT2D eigenvalue weighted by Crippen LogP contribution is 2.32. The number of nitrogens with one attached hydrogen (secondary N) is 1. The highest BCUT2D eigenvalue weighted by atomic mass is 32.2. The third kappa shape index (κ3) is 4.24. The van der Waals surface area contributed by atoms with Gasteiger partial charge in [0, 0.05) is 19.0 Å². The molecule has 2 aromatic rings. The van der Waals surface area contributed by atoms with Gasteiger partial charge in [0.2, 0.25) is 21.8 Å². The molecule has 0 unspecified atom stereocenters. The molecule has 0 radical (unpaired) electrons. The zero-order valence-electron chi connectivity index (χ0n) is 16.9. The normalized spacial score (nSPS) is 18.0. The van der Waals surface area contributed by atoms with Gasteiger partial charge >= 0.3 is 0 Å². The van der Waals surface area contributed by atoms with Gasteiger partial charge in [0.05, 0.1) is 17.1 Å². The van der Waals surface area contributed by atoms with Crippen molar-refractivity contribution >= 4 is 33.2 Å². The largest absolute Gasteiger partial charge is 0.323 e.